The minimum absolute atomic E-state index is 0.164. The van der Waals surface area contributed by atoms with Crippen LogP contribution in [0.3, 0.4) is 0 Å². The molecular formula is C16H11Cl2NO2. The van der Waals surface area contributed by atoms with Crippen molar-refractivity contribution < 1.29 is 9.53 Å². The lowest BCUT2D eigenvalue weighted by atomic mass is 10.0. The summed E-state index contributed by atoms with van der Waals surface area (Å²) in [6.45, 7) is 0. The lowest BCUT2D eigenvalue weighted by Gasteiger charge is -2.07. The Hall–Kier alpha value is -1.97. The van der Waals surface area contributed by atoms with Crippen LogP contribution in [-0.4, -0.2) is 17.9 Å². The highest BCUT2D eigenvalue weighted by molar-refractivity contribution is 6.32. The first-order valence-corrected chi connectivity index (χ1v) is 7.00. The van der Waals surface area contributed by atoms with Crippen LogP contribution in [-0.2, 0) is 0 Å². The van der Waals surface area contributed by atoms with Crippen LogP contribution in [0.5, 0.6) is 5.75 Å². The molecule has 0 aliphatic heterocycles. The molecule has 3 aromatic rings. The Labute approximate surface area is 131 Å². The van der Waals surface area contributed by atoms with Crippen LogP contribution in [0.2, 0.25) is 10.0 Å². The number of carbonyl (C=O) groups is 1. The highest BCUT2D eigenvalue weighted by atomic mass is 35.5. The third-order valence-corrected chi connectivity index (χ3v) is 3.76. The molecule has 0 saturated carbocycles. The Bertz CT molecular complexity index is 839. The largest absolute Gasteiger partial charge is 0.496 e. The van der Waals surface area contributed by atoms with E-state index in [-0.39, 0.29) is 5.78 Å². The number of H-pyrrole nitrogens is 1. The molecule has 0 radical (unpaired) electrons. The fourth-order valence-corrected chi connectivity index (χ4v) is 2.63. The molecule has 1 N–H and O–H groups in total. The Balaban J connectivity index is 2.17. The number of ether oxygens (including phenoxy) is 1. The van der Waals surface area contributed by atoms with E-state index in [2.05, 4.69) is 4.98 Å². The molecule has 106 valence electrons. The molecule has 0 atom stereocenters. The molecule has 0 spiro atoms. The maximum atomic E-state index is 12.8. The Morgan fingerprint density at radius 1 is 1.05 bits per heavy atom. The molecular weight excluding hydrogens is 309 g/mol. The molecule has 0 saturated heterocycles. The quantitative estimate of drug-likeness (QED) is 0.710. The normalized spacial score (nSPS) is 10.8. The highest BCUT2D eigenvalue weighted by Gasteiger charge is 2.18. The number of fused-ring (bicyclic) bond motifs is 1. The fourth-order valence-electron chi connectivity index (χ4n) is 2.28. The van der Waals surface area contributed by atoms with Crippen molar-refractivity contribution in [1.29, 1.82) is 0 Å². The first-order valence-electron chi connectivity index (χ1n) is 6.25. The second-order valence-corrected chi connectivity index (χ2v) is 5.44. The van der Waals surface area contributed by atoms with Gasteiger partial charge in [-0.2, -0.15) is 0 Å². The smallest absolute Gasteiger partial charge is 0.198 e. The van der Waals surface area contributed by atoms with E-state index in [1.165, 1.54) is 7.11 Å². The summed E-state index contributed by atoms with van der Waals surface area (Å²) < 4.78 is 5.24. The van der Waals surface area contributed by atoms with Crippen molar-refractivity contribution >= 4 is 39.9 Å². The minimum Gasteiger partial charge on any atom is -0.496 e. The van der Waals surface area contributed by atoms with E-state index in [1.54, 1.807) is 36.5 Å². The summed E-state index contributed by atoms with van der Waals surface area (Å²) in [4.78, 5) is 15.8. The molecule has 21 heavy (non-hydrogen) atoms. The Morgan fingerprint density at radius 2 is 1.76 bits per heavy atom. The second kappa shape index (κ2) is 5.43. The Kier molecular flexibility index (Phi) is 3.62. The number of aromatic amines is 1. The number of rotatable bonds is 3. The van der Waals surface area contributed by atoms with E-state index in [4.69, 9.17) is 27.9 Å². The number of hydrogen-bond acceptors (Lipinski definition) is 2. The lowest BCUT2D eigenvalue weighted by molar-refractivity contribution is 0.103. The molecule has 3 rings (SSSR count). The van der Waals surface area contributed by atoms with Gasteiger partial charge in [0.2, 0.25) is 0 Å². The van der Waals surface area contributed by atoms with Gasteiger partial charge in [-0.25, -0.2) is 0 Å². The van der Waals surface area contributed by atoms with Gasteiger partial charge < -0.3 is 9.72 Å². The Morgan fingerprint density at radius 3 is 2.52 bits per heavy atom. The van der Waals surface area contributed by atoms with Gasteiger partial charge in [-0.05, 0) is 36.4 Å². The molecule has 0 aliphatic rings. The van der Waals surface area contributed by atoms with Crippen LogP contribution >= 0.6 is 23.2 Å². The fraction of sp³-hybridized carbons (Fsp3) is 0.0625. The van der Waals surface area contributed by atoms with E-state index in [9.17, 15) is 4.79 Å². The number of benzene rings is 2. The first kappa shape index (κ1) is 14.0. The van der Waals surface area contributed by atoms with Crippen molar-refractivity contribution in [1.82, 2.24) is 4.98 Å². The number of carbonyl (C=O) groups excluding carboxylic acids is 1. The maximum Gasteiger partial charge on any atom is 0.198 e. The monoisotopic (exact) mass is 319 g/mol. The zero-order chi connectivity index (χ0) is 15.0. The average Bonchev–Trinajstić information content (AvgIpc) is 2.89. The van der Waals surface area contributed by atoms with Crippen molar-refractivity contribution in [2.24, 2.45) is 0 Å². The van der Waals surface area contributed by atoms with Gasteiger partial charge in [0.25, 0.3) is 0 Å². The van der Waals surface area contributed by atoms with E-state index in [0.717, 1.165) is 10.9 Å². The van der Waals surface area contributed by atoms with Crippen LogP contribution in [0.15, 0.2) is 42.6 Å². The zero-order valence-electron chi connectivity index (χ0n) is 11.1. The van der Waals surface area contributed by atoms with Crippen LogP contribution in [0, 0.1) is 0 Å². The summed E-state index contributed by atoms with van der Waals surface area (Å²) in [6.07, 6.45) is 1.67. The molecule has 5 heteroatoms. The second-order valence-electron chi connectivity index (χ2n) is 4.57. The predicted molar refractivity (Wildman–Crippen MR) is 84.7 cm³/mol. The lowest BCUT2D eigenvalue weighted by Crippen LogP contribution is -2.03. The third-order valence-electron chi connectivity index (χ3n) is 3.29. The minimum atomic E-state index is -0.164. The van der Waals surface area contributed by atoms with Gasteiger partial charge in [0.1, 0.15) is 5.75 Å². The van der Waals surface area contributed by atoms with Gasteiger partial charge in [-0.3, -0.25) is 4.79 Å². The van der Waals surface area contributed by atoms with Gasteiger partial charge in [0.05, 0.1) is 12.7 Å². The van der Waals surface area contributed by atoms with Gasteiger partial charge in [0.15, 0.2) is 5.78 Å². The topological polar surface area (TPSA) is 42.1 Å². The molecule has 0 bridgehead atoms. The first-order chi connectivity index (χ1) is 10.1. The average molecular weight is 320 g/mol. The highest BCUT2D eigenvalue weighted by Crippen LogP contribution is 2.29. The molecule has 1 aromatic heterocycles. The molecule has 0 unspecified atom stereocenters. The van der Waals surface area contributed by atoms with E-state index in [0.29, 0.717) is 26.9 Å². The van der Waals surface area contributed by atoms with Crippen molar-refractivity contribution in [3.63, 3.8) is 0 Å². The van der Waals surface area contributed by atoms with Crippen LogP contribution < -0.4 is 4.74 Å². The summed E-state index contributed by atoms with van der Waals surface area (Å²) >= 11 is 12.0. The van der Waals surface area contributed by atoms with E-state index >= 15 is 0 Å². The zero-order valence-corrected chi connectivity index (χ0v) is 12.6. The summed E-state index contributed by atoms with van der Waals surface area (Å²) in [6, 6.07) is 10.3. The summed E-state index contributed by atoms with van der Waals surface area (Å²) in [5.41, 5.74) is 1.81. The molecule has 0 fully saturated rings. The number of ketones is 1. The molecule has 0 amide bonds. The van der Waals surface area contributed by atoms with Gasteiger partial charge in [-0.15, -0.1) is 0 Å². The molecule has 2 aromatic carbocycles. The summed E-state index contributed by atoms with van der Waals surface area (Å²) in [5.74, 6) is 0.323. The molecule has 1 heterocycles. The summed E-state index contributed by atoms with van der Waals surface area (Å²) in [7, 11) is 1.52. The van der Waals surface area contributed by atoms with E-state index < -0.39 is 0 Å². The van der Waals surface area contributed by atoms with Gasteiger partial charge >= 0.3 is 0 Å². The predicted octanol–water partition coefficient (Wildman–Crippen LogP) is 4.71. The van der Waals surface area contributed by atoms with Crippen molar-refractivity contribution in [3.8, 4) is 5.75 Å². The maximum absolute atomic E-state index is 12.8. The van der Waals surface area contributed by atoms with Crippen LogP contribution in [0.1, 0.15) is 15.9 Å². The van der Waals surface area contributed by atoms with Crippen LogP contribution in [0.4, 0.5) is 0 Å². The van der Waals surface area contributed by atoms with Crippen molar-refractivity contribution in [2.75, 3.05) is 7.11 Å². The number of methoxy groups -OCH3 is 1. The number of halogens is 2. The standard InChI is InChI=1S/C16H11Cl2NO2/c1-21-15-5-3-10(18)7-12(15)16(20)13-8-19-14-4-2-9(17)6-11(13)14/h2-8,19H,1H3. The van der Waals surface area contributed by atoms with Gasteiger partial charge in [0, 0.05) is 32.7 Å². The number of nitrogens with one attached hydrogen (secondary N) is 1. The summed E-state index contributed by atoms with van der Waals surface area (Å²) in [5, 5.41) is 1.83. The SMILES string of the molecule is COc1ccc(Cl)cc1C(=O)c1c[nH]c2ccc(Cl)cc12. The number of aromatic nitrogens is 1. The van der Waals surface area contributed by atoms with Crippen molar-refractivity contribution in [2.45, 2.75) is 0 Å². The number of hydrogen-bond donors (Lipinski definition) is 1. The molecule has 3 nitrogen and oxygen atoms in total. The van der Waals surface area contributed by atoms with Gasteiger partial charge in [-0.1, -0.05) is 23.2 Å². The van der Waals surface area contributed by atoms with Crippen molar-refractivity contribution in [3.05, 3.63) is 63.8 Å². The van der Waals surface area contributed by atoms with Crippen LogP contribution in [0.25, 0.3) is 10.9 Å². The van der Waals surface area contributed by atoms with E-state index in [1.807, 2.05) is 6.07 Å². The molecule has 0 aliphatic carbocycles. The third kappa shape index (κ3) is 2.50.